The highest BCUT2D eigenvalue weighted by Crippen LogP contribution is 2.17. The second kappa shape index (κ2) is 8.35. The van der Waals surface area contributed by atoms with E-state index in [2.05, 4.69) is 43.4 Å². The van der Waals surface area contributed by atoms with Crippen LogP contribution in [0.25, 0.3) is 11.2 Å². The lowest BCUT2D eigenvalue weighted by Gasteiger charge is -2.06. The molecule has 0 amide bonds. The number of hydrogen-bond acceptors (Lipinski definition) is 4. The van der Waals surface area contributed by atoms with Gasteiger partial charge in [-0.1, -0.05) is 24.3 Å². The largest absolute Gasteiger partial charge is 0.340 e. The first-order chi connectivity index (χ1) is 9.70. The Kier molecular flexibility index (Phi) is 6.76. The SMILES string of the molecule is C=C/C=C(\C=C(/C)Cl)Nc1ncnc2nc[nH]c12.CCl. The number of fused-ring (bicyclic) bond motifs is 1. The predicted octanol–water partition coefficient (Wildman–Crippen LogP) is 3.83. The molecule has 0 aliphatic heterocycles. The molecular formula is C13H15Cl2N5. The van der Waals surface area contributed by atoms with Crippen molar-refractivity contribution in [1.29, 1.82) is 0 Å². The Bertz CT molecular complexity index is 626. The standard InChI is InChI=1S/C12H12ClN5.CH3Cl/c1-3-4-9(5-8(2)13)18-12-10-11(15-6-14-10)16-7-17-12;1-2/h3-7H,1H2,2H3,(H2,14,15,16,17,18);1H3/b8-5+,9-4+;. The summed E-state index contributed by atoms with van der Waals surface area (Å²) >= 11 is 10.5. The van der Waals surface area contributed by atoms with Crippen molar-refractivity contribution < 1.29 is 0 Å². The second-order valence-corrected chi connectivity index (χ2v) is 4.13. The minimum absolute atomic E-state index is 0.608. The molecule has 0 atom stereocenters. The lowest BCUT2D eigenvalue weighted by atomic mass is 10.3. The number of alkyl halides is 1. The summed E-state index contributed by atoms with van der Waals surface area (Å²) in [5.41, 5.74) is 2.14. The molecule has 2 aromatic rings. The van der Waals surface area contributed by atoms with Crippen LogP contribution in [0.4, 0.5) is 5.82 Å². The summed E-state index contributed by atoms with van der Waals surface area (Å²) in [6.07, 6.45) is 9.76. The molecule has 5 nitrogen and oxygen atoms in total. The van der Waals surface area contributed by atoms with Crippen LogP contribution in [0.1, 0.15) is 6.92 Å². The van der Waals surface area contributed by atoms with Gasteiger partial charge in [-0.2, -0.15) is 0 Å². The van der Waals surface area contributed by atoms with E-state index in [4.69, 9.17) is 11.6 Å². The molecule has 2 heterocycles. The lowest BCUT2D eigenvalue weighted by Crippen LogP contribution is -2.00. The van der Waals surface area contributed by atoms with E-state index in [0.29, 0.717) is 16.5 Å². The van der Waals surface area contributed by atoms with Gasteiger partial charge in [-0.15, -0.1) is 11.6 Å². The van der Waals surface area contributed by atoms with Gasteiger partial charge in [-0.3, -0.25) is 0 Å². The van der Waals surface area contributed by atoms with Gasteiger partial charge in [0, 0.05) is 17.1 Å². The Balaban J connectivity index is 0.000000956. The number of rotatable bonds is 4. The number of aromatic amines is 1. The smallest absolute Gasteiger partial charge is 0.182 e. The summed E-state index contributed by atoms with van der Waals surface area (Å²) in [6.45, 7) is 5.46. The fourth-order valence-corrected chi connectivity index (χ4v) is 1.58. The van der Waals surface area contributed by atoms with Crippen LogP contribution in [0.3, 0.4) is 0 Å². The van der Waals surface area contributed by atoms with Gasteiger partial charge < -0.3 is 10.3 Å². The topological polar surface area (TPSA) is 66.5 Å². The maximum Gasteiger partial charge on any atom is 0.182 e. The molecule has 2 aromatic heterocycles. The number of nitrogens with one attached hydrogen (secondary N) is 2. The molecule has 0 saturated carbocycles. The van der Waals surface area contributed by atoms with E-state index in [-0.39, 0.29) is 0 Å². The third-order valence-electron chi connectivity index (χ3n) is 2.14. The number of imidazole rings is 1. The fourth-order valence-electron chi connectivity index (χ4n) is 1.46. The van der Waals surface area contributed by atoms with Crippen LogP contribution < -0.4 is 5.32 Å². The van der Waals surface area contributed by atoms with Crippen molar-refractivity contribution in [2.45, 2.75) is 6.92 Å². The highest BCUT2D eigenvalue weighted by molar-refractivity contribution is 6.29. The molecule has 0 radical (unpaired) electrons. The van der Waals surface area contributed by atoms with Crippen LogP contribution in [-0.2, 0) is 0 Å². The van der Waals surface area contributed by atoms with E-state index in [9.17, 15) is 0 Å². The van der Waals surface area contributed by atoms with Gasteiger partial charge in [0.25, 0.3) is 0 Å². The molecule has 2 N–H and O–H groups in total. The zero-order valence-corrected chi connectivity index (χ0v) is 12.7. The molecule has 0 aliphatic carbocycles. The summed E-state index contributed by atoms with van der Waals surface area (Å²) in [4.78, 5) is 15.3. The van der Waals surface area contributed by atoms with E-state index in [1.165, 1.54) is 12.7 Å². The molecule has 0 aromatic carbocycles. The van der Waals surface area contributed by atoms with E-state index < -0.39 is 0 Å². The van der Waals surface area contributed by atoms with Crippen molar-refractivity contribution in [3.63, 3.8) is 0 Å². The van der Waals surface area contributed by atoms with Gasteiger partial charge >= 0.3 is 0 Å². The first-order valence-corrected chi connectivity index (χ1v) is 6.79. The summed E-state index contributed by atoms with van der Waals surface area (Å²) in [6, 6.07) is 0. The zero-order chi connectivity index (χ0) is 15.0. The minimum atomic E-state index is 0.608. The Labute approximate surface area is 127 Å². The van der Waals surface area contributed by atoms with Crippen LogP contribution in [0.5, 0.6) is 0 Å². The Morgan fingerprint density at radius 1 is 1.35 bits per heavy atom. The van der Waals surface area contributed by atoms with Crippen LogP contribution in [0.2, 0.25) is 0 Å². The molecule has 0 fully saturated rings. The molecule has 7 heteroatoms. The molecule has 2 rings (SSSR count). The predicted molar refractivity (Wildman–Crippen MR) is 85.0 cm³/mol. The summed E-state index contributed by atoms with van der Waals surface area (Å²) in [5, 5.41) is 3.80. The highest BCUT2D eigenvalue weighted by atomic mass is 35.5. The molecule has 0 unspecified atom stereocenters. The molecule has 106 valence electrons. The van der Waals surface area contributed by atoms with Crippen molar-refractivity contribution in [2.75, 3.05) is 11.7 Å². The number of halogens is 2. The highest BCUT2D eigenvalue weighted by Gasteiger charge is 2.05. The number of aromatic nitrogens is 4. The van der Waals surface area contributed by atoms with Crippen molar-refractivity contribution >= 4 is 40.2 Å². The van der Waals surface area contributed by atoms with Gasteiger partial charge in [0.1, 0.15) is 11.8 Å². The van der Waals surface area contributed by atoms with Crippen LogP contribution in [0.15, 0.2) is 48.2 Å². The monoisotopic (exact) mass is 311 g/mol. The average Bonchev–Trinajstić information content (AvgIpc) is 2.90. The molecule has 0 spiro atoms. The van der Waals surface area contributed by atoms with Crippen molar-refractivity contribution in [1.82, 2.24) is 19.9 Å². The minimum Gasteiger partial charge on any atom is -0.340 e. The summed E-state index contributed by atoms with van der Waals surface area (Å²) < 4.78 is 0. The Hall–Kier alpha value is -1.85. The first kappa shape index (κ1) is 16.2. The molecule has 20 heavy (non-hydrogen) atoms. The van der Waals surface area contributed by atoms with E-state index >= 15 is 0 Å². The Morgan fingerprint density at radius 3 is 2.75 bits per heavy atom. The third kappa shape index (κ3) is 4.36. The van der Waals surface area contributed by atoms with Gasteiger partial charge in [-0.25, -0.2) is 15.0 Å². The third-order valence-corrected chi connectivity index (χ3v) is 2.25. The number of allylic oxidation sites excluding steroid dienone is 4. The maximum absolute atomic E-state index is 5.86. The fraction of sp³-hybridized carbons (Fsp3) is 0.154. The van der Waals surface area contributed by atoms with E-state index in [1.807, 2.05) is 0 Å². The van der Waals surface area contributed by atoms with Gasteiger partial charge in [0.2, 0.25) is 0 Å². The van der Waals surface area contributed by atoms with Crippen LogP contribution >= 0.6 is 23.2 Å². The van der Waals surface area contributed by atoms with Gasteiger partial charge in [-0.05, 0) is 19.1 Å². The molecule has 0 bridgehead atoms. The van der Waals surface area contributed by atoms with Crippen LogP contribution in [0, 0.1) is 0 Å². The van der Waals surface area contributed by atoms with Crippen molar-refractivity contribution in [2.24, 2.45) is 0 Å². The van der Waals surface area contributed by atoms with E-state index in [1.54, 1.807) is 31.5 Å². The number of H-pyrrole nitrogens is 1. The Morgan fingerprint density at radius 2 is 2.10 bits per heavy atom. The molecule has 0 aliphatic rings. The number of anilines is 1. The summed E-state index contributed by atoms with van der Waals surface area (Å²) in [7, 11) is 0. The quantitative estimate of drug-likeness (QED) is 0.665. The lowest BCUT2D eigenvalue weighted by molar-refractivity contribution is 1.19. The molecular weight excluding hydrogens is 297 g/mol. The van der Waals surface area contributed by atoms with Crippen molar-refractivity contribution in [3.8, 4) is 0 Å². The first-order valence-electron chi connectivity index (χ1n) is 5.66. The normalized spacial score (nSPS) is 11.8. The van der Waals surface area contributed by atoms with Gasteiger partial charge in [0.05, 0.1) is 6.33 Å². The van der Waals surface area contributed by atoms with Crippen LogP contribution in [-0.4, -0.2) is 26.3 Å². The average molecular weight is 312 g/mol. The summed E-state index contributed by atoms with van der Waals surface area (Å²) in [5.74, 6) is 0.639. The van der Waals surface area contributed by atoms with E-state index in [0.717, 1.165) is 11.2 Å². The molecule has 0 saturated heterocycles. The van der Waals surface area contributed by atoms with Gasteiger partial charge in [0.15, 0.2) is 11.5 Å². The number of nitrogens with zero attached hydrogens (tertiary/aromatic N) is 3. The number of hydrogen-bond donors (Lipinski definition) is 2. The second-order valence-electron chi connectivity index (χ2n) is 3.54. The van der Waals surface area contributed by atoms with Crippen molar-refractivity contribution in [3.05, 3.63) is 48.2 Å². The maximum atomic E-state index is 5.86. The zero-order valence-electron chi connectivity index (χ0n) is 11.2.